The summed E-state index contributed by atoms with van der Waals surface area (Å²) in [5, 5.41) is 0. The molecule has 1 amide bonds. The van der Waals surface area contributed by atoms with Gasteiger partial charge in [-0.1, -0.05) is 12.1 Å². The molecule has 1 fully saturated rings. The molecular weight excluding hydrogens is 368 g/mol. The highest BCUT2D eigenvalue weighted by Crippen LogP contribution is 2.18. The minimum Gasteiger partial charge on any atom is -0.465 e. The second kappa shape index (κ2) is 9.19. The van der Waals surface area contributed by atoms with Crippen LogP contribution in [0.2, 0.25) is 0 Å². The number of esters is 1. The van der Waals surface area contributed by atoms with Crippen molar-refractivity contribution < 1.29 is 19.1 Å². The number of rotatable bonds is 5. The molecule has 150 valence electrons. The second-order valence-electron chi connectivity index (χ2n) is 6.86. The molecule has 2 aromatic carbocycles. The highest BCUT2D eigenvalue weighted by molar-refractivity contribution is 5.94. The van der Waals surface area contributed by atoms with Gasteiger partial charge in [0, 0.05) is 43.5 Å². The molecule has 2 aromatic rings. The van der Waals surface area contributed by atoms with E-state index < -0.39 is 0 Å². The highest BCUT2D eigenvalue weighted by atomic mass is 16.5. The van der Waals surface area contributed by atoms with Crippen molar-refractivity contribution in [3.8, 4) is 0 Å². The summed E-state index contributed by atoms with van der Waals surface area (Å²) in [5.74, 6) is -0.363. The molecule has 1 saturated heterocycles. The number of piperazine rings is 1. The molecule has 6 heteroatoms. The molecule has 0 spiro atoms. The molecule has 1 aliphatic heterocycles. The molecule has 0 radical (unpaired) electrons. The summed E-state index contributed by atoms with van der Waals surface area (Å²) in [6.45, 7) is 4.32. The first-order chi connectivity index (χ1) is 14.0. The summed E-state index contributed by atoms with van der Waals surface area (Å²) < 4.78 is 4.67. The van der Waals surface area contributed by atoms with Crippen molar-refractivity contribution in [1.82, 2.24) is 4.90 Å². The van der Waals surface area contributed by atoms with Crippen molar-refractivity contribution in [2.75, 3.05) is 38.2 Å². The fraction of sp³-hybridized carbons (Fsp3) is 0.261. The van der Waals surface area contributed by atoms with Crippen molar-refractivity contribution in [2.24, 2.45) is 0 Å². The van der Waals surface area contributed by atoms with E-state index in [1.807, 2.05) is 29.2 Å². The Morgan fingerprint density at radius 3 is 2.00 bits per heavy atom. The molecular formula is C23H24N2O4. The number of carbonyl (C=O) groups is 3. The van der Waals surface area contributed by atoms with Gasteiger partial charge in [0.05, 0.1) is 12.7 Å². The Balaban J connectivity index is 1.53. The van der Waals surface area contributed by atoms with Crippen LogP contribution < -0.4 is 4.90 Å². The van der Waals surface area contributed by atoms with E-state index in [9.17, 15) is 14.4 Å². The number of ketones is 1. The van der Waals surface area contributed by atoms with Crippen LogP contribution in [-0.4, -0.2) is 55.8 Å². The van der Waals surface area contributed by atoms with Gasteiger partial charge in [-0.3, -0.25) is 9.59 Å². The normalized spacial score (nSPS) is 14.1. The zero-order valence-electron chi connectivity index (χ0n) is 16.6. The topological polar surface area (TPSA) is 66.9 Å². The van der Waals surface area contributed by atoms with Crippen molar-refractivity contribution >= 4 is 29.4 Å². The molecule has 29 heavy (non-hydrogen) atoms. The van der Waals surface area contributed by atoms with Crippen LogP contribution in [-0.2, 0) is 9.53 Å². The number of hydrogen-bond acceptors (Lipinski definition) is 5. The maximum Gasteiger partial charge on any atom is 0.337 e. The minimum atomic E-state index is -0.384. The van der Waals surface area contributed by atoms with Gasteiger partial charge in [-0.2, -0.15) is 0 Å². The van der Waals surface area contributed by atoms with Crippen molar-refractivity contribution in [2.45, 2.75) is 6.92 Å². The van der Waals surface area contributed by atoms with Gasteiger partial charge < -0.3 is 14.5 Å². The standard InChI is InChI=1S/C23H24N2O4/c1-17(26)19-8-10-21(11-9-19)24-13-15-25(16-14-24)22(27)12-5-18-3-6-20(7-4-18)23(28)29-2/h3-12H,13-16H2,1-2H3/b12-5+. The largest absolute Gasteiger partial charge is 0.465 e. The van der Waals surface area contributed by atoms with Gasteiger partial charge in [0.1, 0.15) is 0 Å². The van der Waals surface area contributed by atoms with Gasteiger partial charge in [-0.25, -0.2) is 4.79 Å². The van der Waals surface area contributed by atoms with Crippen LogP contribution in [0.1, 0.15) is 33.2 Å². The second-order valence-corrected chi connectivity index (χ2v) is 6.86. The highest BCUT2D eigenvalue weighted by Gasteiger charge is 2.20. The van der Waals surface area contributed by atoms with Crippen LogP contribution >= 0.6 is 0 Å². The molecule has 3 rings (SSSR count). The van der Waals surface area contributed by atoms with E-state index in [-0.39, 0.29) is 17.7 Å². The average molecular weight is 392 g/mol. The number of hydrogen-bond donors (Lipinski definition) is 0. The monoisotopic (exact) mass is 392 g/mol. The van der Waals surface area contributed by atoms with Crippen molar-refractivity contribution in [3.63, 3.8) is 0 Å². The Labute approximate surface area is 170 Å². The molecule has 0 unspecified atom stereocenters. The summed E-state index contributed by atoms with van der Waals surface area (Å²) >= 11 is 0. The number of amides is 1. The fourth-order valence-corrected chi connectivity index (χ4v) is 3.21. The maximum absolute atomic E-state index is 12.5. The summed E-state index contributed by atoms with van der Waals surface area (Å²) in [4.78, 5) is 39.3. The Hall–Kier alpha value is -3.41. The van der Waals surface area contributed by atoms with Crippen LogP contribution in [0.25, 0.3) is 6.08 Å². The summed E-state index contributed by atoms with van der Waals surface area (Å²) in [6.07, 6.45) is 3.31. The molecule has 0 saturated carbocycles. The first kappa shape index (κ1) is 20.3. The molecule has 1 heterocycles. The Bertz CT molecular complexity index is 909. The predicted molar refractivity (Wildman–Crippen MR) is 112 cm³/mol. The third-order valence-corrected chi connectivity index (χ3v) is 4.98. The quantitative estimate of drug-likeness (QED) is 0.445. The summed E-state index contributed by atoms with van der Waals surface area (Å²) in [6, 6.07) is 14.5. The van der Waals surface area contributed by atoms with Crippen LogP contribution in [0.4, 0.5) is 5.69 Å². The average Bonchev–Trinajstić information content (AvgIpc) is 2.77. The van der Waals surface area contributed by atoms with E-state index in [2.05, 4.69) is 9.64 Å². The van der Waals surface area contributed by atoms with E-state index in [4.69, 9.17) is 0 Å². The van der Waals surface area contributed by atoms with E-state index in [1.54, 1.807) is 43.3 Å². The van der Waals surface area contributed by atoms with Gasteiger partial charge in [-0.05, 0) is 55.0 Å². The van der Waals surface area contributed by atoms with Gasteiger partial charge in [-0.15, -0.1) is 0 Å². The molecule has 0 aromatic heterocycles. The lowest BCUT2D eigenvalue weighted by Gasteiger charge is -2.35. The number of benzene rings is 2. The molecule has 0 atom stereocenters. The van der Waals surface area contributed by atoms with Crippen LogP contribution in [0.15, 0.2) is 54.6 Å². The molecule has 0 N–H and O–H groups in total. The molecule has 0 bridgehead atoms. The van der Waals surface area contributed by atoms with Crippen LogP contribution in [0.3, 0.4) is 0 Å². The third-order valence-electron chi connectivity index (χ3n) is 4.98. The van der Waals surface area contributed by atoms with Gasteiger partial charge >= 0.3 is 5.97 Å². The number of methoxy groups -OCH3 is 1. The number of Topliss-reactive ketones (excluding diaryl/α,β-unsaturated/α-hetero) is 1. The lowest BCUT2D eigenvalue weighted by atomic mass is 10.1. The smallest absolute Gasteiger partial charge is 0.337 e. The van der Waals surface area contributed by atoms with Crippen LogP contribution in [0.5, 0.6) is 0 Å². The Morgan fingerprint density at radius 2 is 1.45 bits per heavy atom. The van der Waals surface area contributed by atoms with Gasteiger partial charge in [0.2, 0.25) is 5.91 Å². The Kier molecular flexibility index (Phi) is 6.44. The van der Waals surface area contributed by atoms with Gasteiger partial charge in [0.15, 0.2) is 5.78 Å². The number of nitrogens with zero attached hydrogens (tertiary/aromatic N) is 2. The Morgan fingerprint density at radius 1 is 0.862 bits per heavy atom. The fourth-order valence-electron chi connectivity index (χ4n) is 3.21. The minimum absolute atomic E-state index is 0.0337. The lowest BCUT2D eigenvalue weighted by Crippen LogP contribution is -2.48. The number of ether oxygens (including phenoxy) is 1. The number of anilines is 1. The number of carbonyl (C=O) groups excluding carboxylic acids is 3. The zero-order valence-corrected chi connectivity index (χ0v) is 16.6. The van der Waals surface area contributed by atoms with Gasteiger partial charge in [0.25, 0.3) is 0 Å². The van der Waals surface area contributed by atoms with Crippen LogP contribution in [0, 0.1) is 0 Å². The maximum atomic E-state index is 12.5. The lowest BCUT2D eigenvalue weighted by molar-refractivity contribution is -0.126. The van der Waals surface area contributed by atoms with E-state index in [0.29, 0.717) is 24.2 Å². The summed E-state index contributed by atoms with van der Waals surface area (Å²) in [7, 11) is 1.34. The molecule has 0 aliphatic carbocycles. The molecule has 1 aliphatic rings. The van der Waals surface area contributed by atoms with E-state index >= 15 is 0 Å². The predicted octanol–water partition coefficient (Wildman–Crippen LogP) is 3.04. The van der Waals surface area contributed by atoms with E-state index in [1.165, 1.54) is 7.11 Å². The van der Waals surface area contributed by atoms with Crippen molar-refractivity contribution in [1.29, 1.82) is 0 Å². The molecule has 6 nitrogen and oxygen atoms in total. The zero-order chi connectivity index (χ0) is 20.8. The van der Waals surface area contributed by atoms with E-state index in [0.717, 1.165) is 24.3 Å². The first-order valence-corrected chi connectivity index (χ1v) is 9.49. The first-order valence-electron chi connectivity index (χ1n) is 9.49. The van der Waals surface area contributed by atoms with Crippen molar-refractivity contribution in [3.05, 3.63) is 71.3 Å². The SMILES string of the molecule is COC(=O)c1ccc(/C=C/C(=O)N2CCN(c3ccc(C(C)=O)cc3)CC2)cc1. The third kappa shape index (κ3) is 5.10. The summed E-state index contributed by atoms with van der Waals surface area (Å²) in [5.41, 5.74) is 3.08.